The Hall–Kier alpha value is -1.55. The molecule has 1 aromatic rings. The number of carbonyl (C=O) groups is 2. The van der Waals surface area contributed by atoms with E-state index in [-0.39, 0.29) is 17.7 Å². The summed E-state index contributed by atoms with van der Waals surface area (Å²) in [5, 5.41) is 6.39. The molecule has 5 heteroatoms. The molecule has 4 nitrogen and oxygen atoms in total. The predicted molar refractivity (Wildman–Crippen MR) is 78.5 cm³/mol. The second-order valence-electron chi connectivity index (χ2n) is 5.06. The topological polar surface area (TPSA) is 58.2 Å². The molecule has 108 valence electrons. The number of amides is 2. The van der Waals surface area contributed by atoms with Crippen LogP contribution >= 0.6 is 11.6 Å². The second-order valence-corrected chi connectivity index (χ2v) is 5.50. The zero-order valence-corrected chi connectivity index (χ0v) is 12.1. The predicted octanol–water partition coefficient (Wildman–Crippen LogP) is 1.91. The number of hydrogen-bond donors (Lipinski definition) is 2. The van der Waals surface area contributed by atoms with Gasteiger partial charge in [0.05, 0.1) is 5.92 Å². The molecule has 1 aliphatic rings. The number of benzene rings is 1. The fraction of sp³-hybridized carbons (Fsp3) is 0.467. The Morgan fingerprint density at radius 1 is 1.35 bits per heavy atom. The highest BCUT2D eigenvalue weighted by molar-refractivity contribution is 6.30. The molecule has 0 aromatic heterocycles. The SMILES string of the molecule is O=C1CC[C@@H](C(=O)NCCCc2ccc(Cl)cc2)CN1. The average Bonchev–Trinajstić information content (AvgIpc) is 2.46. The van der Waals surface area contributed by atoms with Gasteiger partial charge in [-0.1, -0.05) is 23.7 Å². The van der Waals surface area contributed by atoms with Crippen molar-refractivity contribution in [1.82, 2.24) is 10.6 Å². The van der Waals surface area contributed by atoms with E-state index in [9.17, 15) is 9.59 Å². The van der Waals surface area contributed by atoms with E-state index in [0.717, 1.165) is 17.9 Å². The lowest BCUT2D eigenvalue weighted by molar-refractivity contribution is -0.128. The van der Waals surface area contributed by atoms with Gasteiger partial charge in [0.2, 0.25) is 11.8 Å². The van der Waals surface area contributed by atoms with Gasteiger partial charge in [0.15, 0.2) is 0 Å². The molecule has 1 heterocycles. The summed E-state index contributed by atoms with van der Waals surface area (Å²) in [7, 11) is 0. The maximum Gasteiger partial charge on any atom is 0.224 e. The van der Waals surface area contributed by atoms with Crippen LogP contribution in [0.15, 0.2) is 24.3 Å². The third-order valence-electron chi connectivity index (χ3n) is 3.49. The standard InChI is InChI=1S/C15H19ClN2O2/c16-13-6-3-11(4-7-13)2-1-9-17-15(20)12-5-8-14(19)18-10-12/h3-4,6-7,12H,1-2,5,8-10H2,(H,17,20)(H,18,19)/t12-/m1/s1. The van der Waals surface area contributed by atoms with E-state index >= 15 is 0 Å². The van der Waals surface area contributed by atoms with Crippen LogP contribution < -0.4 is 10.6 Å². The molecule has 0 spiro atoms. The van der Waals surface area contributed by atoms with Gasteiger partial charge in [-0.2, -0.15) is 0 Å². The molecule has 1 atom stereocenters. The van der Waals surface area contributed by atoms with E-state index in [1.54, 1.807) is 0 Å². The van der Waals surface area contributed by atoms with Crippen LogP contribution in [0.5, 0.6) is 0 Å². The lowest BCUT2D eigenvalue weighted by Gasteiger charge is -2.21. The van der Waals surface area contributed by atoms with Crippen LogP contribution in [0.4, 0.5) is 0 Å². The van der Waals surface area contributed by atoms with Crippen LogP contribution in [0, 0.1) is 5.92 Å². The van der Waals surface area contributed by atoms with Gasteiger partial charge in [0.1, 0.15) is 0 Å². The molecule has 20 heavy (non-hydrogen) atoms. The minimum atomic E-state index is -0.0803. The van der Waals surface area contributed by atoms with E-state index in [4.69, 9.17) is 11.6 Å². The van der Waals surface area contributed by atoms with Crippen LogP contribution in [0.3, 0.4) is 0 Å². The fourth-order valence-electron chi connectivity index (χ4n) is 2.26. The number of rotatable bonds is 5. The number of carbonyl (C=O) groups excluding carboxylic acids is 2. The summed E-state index contributed by atoms with van der Waals surface area (Å²) in [5.41, 5.74) is 1.22. The van der Waals surface area contributed by atoms with Crippen LogP contribution in [-0.2, 0) is 16.0 Å². The van der Waals surface area contributed by atoms with Crippen molar-refractivity contribution in [1.29, 1.82) is 0 Å². The third-order valence-corrected chi connectivity index (χ3v) is 3.74. The normalized spacial score (nSPS) is 18.4. The van der Waals surface area contributed by atoms with Crippen LogP contribution in [0.2, 0.25) is 5.02 Å². The third kappa shape index (κ3) is 4.53. The van der Waals surface area contributed by atoms with Crippen molar-refractivity contribution in [2.24, 2.45) is 5.92 Å². The highest BCUT2D eigenvalue weighted by Crippen LogP contribution is 2.12. The van der Waals surface area contributed by atoms with Crippen molar-refractivity contribution < 1.29 is 9.59 Å². The van der Waals surface area contributed by atoms with E-state index in [1.165, 1.54) is 5.56 Å². The summed E-state index contributed by atoms with van der Waals surface area (Å²) < 4.78 is 0. The average molecular weight is 295 g/mol. The van der Waals surface area contributed by atoms with Gasteiger partial charge in [-0.15, -0.1) is 0 Å². The summed E-state index contributed by atoms with van der Waals surface area (Å²) in [4.78, 5) is 22.9. The quantitative estimate of drug-likeness (QED) is 0.815. The second kappa shape index (κ2) is 7.29. The molecular formula is C15H19ClN2O2. The first-order chi connectivity index (χ1) is 9.65. The summed E-state index contributed by atoms with van der Waals surface area (Å²) in [6, 6.07) is 7.75. The molecule has 0 unspecified atom stereocenters. The molecule has 1 aromatic carbocycles. The number of aryl methyl sites for hydroxylation is 1. The van der Waals surface area contributed by atoms with Gasteiger partial charge in [-0.05, 0) is 37.0 Å². The van der Waals surface area contributed by atoms with E-state index < -0.39 is 0 Å². The Morgan fingerprint density at radius 2 is 2.10 bits per heavy atom. The molecule has 0 bridgehead atoms. The maximum atomic E-state index is 11.9. The van der Waals surface area contributed by atoms with Crippen LogP contribution in [0.25, 0.3) is 0 Å². The highest BCUT2D eigenvalue weighted by atomic mass is 35.5. The molecule has 2 N–H and O–H groups in total. The number of piperidine rings is 1. The van der Waals surface area contributed by atoms with Crippen LogP contribution in [-0.4, -0.2) is 24.9 Å². The first kappa shape index (κ1) is 14.9. The fourth-order valence-corrected chi connectivity index (χ4v) is 2.38. The number of nitrogens with one attached hydrogen (secondary N) is 2. The maximum absolute atomic E-state index is 11.9. The Balaban J connectivity index is 1.64. The first-order valence-electron chi connectivity index (χ1n) is 6.94. The summed E-state index contributed by atoms with van der Waals surface area (Å²) >= 11 is 5.82. The monoisotopic (exact) mass is 294 g/mol. The van der Waals surface area contributed by atoms with Gasteiger partial charge in [0, 0.05) is 24.5 Å². The van der Waals surface area contributed by atoms with Crippen molar-refractivity contribution in [2.45, 2.75) is 25.7 Å². The number of halogens is 1. The van der Waals surface area contributed by atoms with Crippen molar-refractivity contribution >= 4 is 23.4 Å². The van der Waals surface area contributed by atoms with E-state index in [1.807, 2.05) is 24.3 Å². The summed E-state index contributed by atoms with van der Waals surface area (Å²) in [5.74, 6) is 0.00104. The molecule has 0 radical (unpaired) electrons. The van der Waals surface area contributed by atoms with Gasteiger partial charge < -0.3 is 10.6 Å². The van der Waals surface area contributed by atoms with Crippen molar-refractivity contribution in [3.8, 4) is 0 Å². The molecule has 2 amide bonds. The lowest BCUT2D eigenvalue weighted by Crippen LogP contribution is -2.43. The Labute approximate surface area is 123 Å². The van der Waals surface area contributed by atoms with Gasteiger partial charge in [-0.3, -0.25) is 9.59 Å². The molecule has 0 aliphatic carbocycles. The summed E-state index contributed by atoms with van der Waals surface area (Å²) in [6.07, 6.45) is 2.91. The number of hydrogen-bond acceptors (Lipinski definition) is 2. The Bertz CT molecular complexity index is 463. The minimum Gasteiger partial charge on any atom is -0.356 e. The zero-order valence-electron chi connectivity index (χ0n) is 11.3. The highest BCUT2D eigenvalue weighted by Gasteiger charge is 2.23. The van der Waals surface area contributed by atoms with Gasteiger partial charge in [-0.25, -0.2) is 0 Å². The summed E-state index contributed by atoms with van der Waals surface area (Å²) in [6.45, 7) is 1.12. The van der Waals surface area contributed by atoms with Gasteiger partial charge >= 0.3 is 0 Å². The minimum absolute atomic E-state index is 0.0387. The smallest absolute Gasteiger partial charge is 0.224 e. The molecule has 1 fully saturated rings. The first-order valence-corrected chi connectivity index (χ1v) is 7.32. The van der Waals surface area contributed by atoms with E-state index in [0.29, 0.717) is 25.9 Å². The molecular weight excluding hydrogens is 276 g/mol. The molecule has 1 saturated heterocycles. The molecule has 1 aliphatic heterocycles. The van der Waals surface area contributed by atoms with E-state index in [2.05, 4.69) is 10.6 Å². The van der Waals surface area contributed by atoms with Crippen molar-refractivity contribution in [3.63, 3.8) is 0 Å². The Kier molecular flexibility index (Phi) is 5.41. The Morgan fingerprint density at radius 3 is 2.75 bits per heavy atom. The van der Waals surface area contributed by atoms with Crippen molar-refractivity contribution in [3.05, 3.63) is 34.9 Å². The lowest BCUT2D eigenvalue weighted by atomic mass is 9.98. The zero-order chi connectivity index (χ0) is 14.4. The van der Waals surface area contributed by atoms with Gasteiger partial charge in [0.25, 0.3) is 0 Å². The molecule has 2 rings (SSSR count). The largest absolute Gasteiger partial charge is 0.356 e. The van der Waals surface area contributed by atoms with Crippen molar-refractivity contribution in [2.75, 3.05) is 13.1 Å². The van der Waals surface area contributed by atoms with Crippen LogP contribution in [0.1, 0.15) is 24.8 Å². The molecule has 0 saturated carbocycles.